The number of carbonyl (C=O) groups is 1. The Labute approximate surface area is 209 Å². The first-order valence-electron chi connectivity index (χ1n) is 11.8. The number of amides is 1. The summed E-state index contributed by atoms with van der Waals surface area (Å²) in [6.45, 7) is 3.47. The summed E-state index contributed by atoms with van der Waals surface area (Å²) in [5.41, 5.74) is 11.2. The van der Waals surface area contributed by atoms with E-state index in [0.29, 0.717) is 44.0 Å². The molecule has 190 valence electrons. The van der Waals surface area contributed by atoms with Crippen LogP contribution in [-0.2, 0) is 24.6 Å². The highest BCUT2D eigenvalue weighted by Gasteiger charge is 2.20. The van der Waals surface area contributed by atoms with Gasteiger partial charge >= 0.3 is 0 Å². The highest BCUT2D eigenvalue weighted by molar-refractivity contribution is 5.94. The minimum atomic E-state index is -0.392. The minimum absolute atomic E-state index is 0.243. The van der Waals surface area contributed by atoms with Gasteiger partial charge in [-0.3, -0.25) is 9.48 Å². The Morgan fingerprint density at radius 2 is 2.03 bits per heavy atom. The van der Waals surface area contributed by atoms with Crippen LogP contribution in [0, 0.1) is 12.7 Å². The molecule has 3 heterocycles. The summed E-state index contributed by atoms with van der Waals surface area (Å²) < 4.78 is 28.9. The molecule has 10 heteroatoms. The first kappa shape index (κ1) is 25.3. The normalized spacial score (nSPS) is 11.2. The first-order chi connectivity index (χ1) is 17.4. The third-order valence-corrected chi connectivity index (χ3v) is 6.11. The van der Waals surface area contributed by atoms with Gasteiger partial charge in [-0.2, -0.15) is 5.10 Å². The number of carbonyl (C=O) groups excluding carboxylic acids is 1. The Morgan fingerprint density at radius 1 is 1.19 bits per heavy atom. The molecule has 1 aromatic carbocycles. The summed E-state index contributed by atoms with van der Waals surface area (Å²) >= 11 is 0. The molecule has 0 saturated heterocycles. The summed E-state index contributed by atoms with van der Waals surface area (Å²) in [6, 6.07) is 8.34. The Kier molecular flexibility index (Phi) is 7.97. The molecule has 0 atom stereocenters. The predicted molar refractivity (Wildman–Crippen MR) is 135 cm³/mol. The van der Waals surface area contributed by atoms with Gasteiger partial charge in [0.15, 0.2) is 5.69 Å². The largest absolute Gasteiger partial charge is 0.492 e. The molecule has 4 aromatic rings. The number of nitrogens with zero attached hydrogens (tertiary/aromatic N) is 4. The van der Waals surface area contributed by atoms with Gasteiger partial charge in [-0.25, -0.2) is 9.37 Å². The zero-order valence-electron chi connectivity index (χ0n) is 20.8. The lowest BCUT2D eigenvalue weighted by Crippen LogP contribution is -2.28. The van der Waals surface area contributed by atoms with Crippen molar-refractivity contribution in [2.75, 3.05) is 33.4 Å². The average molecular weight is 495 g/mol. The van der Waals surface area contributed by atoms with Gasteiger partial charge in [0.25, 0.3) is 5.91 Å². The van der Waals surface area contributed by atoms with Gasteiger partial charge in [0.05, 0.1) is 13.2 Å². The summed E-state index contributed by atoms with van der Waals surface area (Å²) in [7, 11) is 3.37. The fraction of sp³-hybridized carbons (Fsp3) is 0.346. The molecule has 3 N–H and O–H groups in total. The first-order valence-corrected chi connectivity index (χ1v) is 11.8. The molecular formula is C26H31FN6O3. The number of halogens is 1. The molecule has 3 aromatic heterocycles. The van der Waals surface area contributed by atoms with Crippen molar-refractivity contribution in [3.05, 3.63) is 71.2 Å². The van der Waals surface area contributed by atoms with Crippen molar-refractivity contribution in [2.45, 2.75) is 19.8 Å². The molecule has 4 rings (SSSR count). The van der Waals surface area contributed by atoms with Crippen LogP contribution in [0.1, 0.15) is 27.4 Å². The quantitative estimate of drug-likeness (QED) is 0.311. The number of pyridine rings is 1. The molecule has 9 nitrogen and oxygen atoms in total. The van der Waals surface area contributed by atoms with E-state index >= 15 is 0 Å². The van der Waals surface area contributed by atoms with Gasteiger partial charge in [-0.15, -0.1) is 0 Å². The summed E-state index contributed by atoms with van der Waals surface area (Å²) in [5, 5.41) is 7.18. The van der Waals surface area contributed by atoms with Gasteiger partial charge in [0, 0.05) is 80.1 Å². The van der Waals surface area contributed by atoms with E-state index < -0.39 is 5.82 Å². The second-order valence-electron chi connectivity index (χ2n) is 8.46. The summed E-state index contributed by atoms with van der Waals surface area (Å²) in [6.07, 6.45) is 4.90. The molecule has 0 bridgehead atoms. The fourth-order valence-electron chi connectivity index (χ4n) is 4.12. The Bertz CT molecular complexity index is 1360. The van der Waals surface area contributed by atoms with E-state index in [4.69, 9.17) is 15.2 Å². The molecule has 36 heavy (non-hydrogen) atoms. The van der Waals surface area contributed by atoms with E-state index in [2.05, 4.69) is 15.4 Å². The van der Waals surface area contributed by atoms with Crippen LogP contribution in [0.2, 0.25) is 0 Å². The molecule has 0 fully saturated rings. The van der Waals surface area contributed by atoms with E-state index in [9.17, 15) is 9.18 Å². The number of methoxy groups -OCH3 is 1. The average Bonchev–Trinajstić information content (AvgIpc) is 3.40. The molecule has 1 amide bonds. The second-order valence-corrected chi connectivity index (χ2v) is 8.46. The van der Waals surface area contributed by atoms with E-state index in [1.807, 2.05) is 35.9 Å². The topological polar surface area (TPSA) is 109 Å². The maximum Gasteiger partial charge on any atom is 0.272 e. The van der Waals surface area contributed by atoms with E-state index in [1.54, 1.807) is 24.9 Å². The molecule has 0 radical (unpaired) electrons. The standard InChI is InChI=1S/C26H31FN6O3/c1-17-21(25(31-32(17)2)26(34)29-11-13-35-3)9-12-36-23-14-19(27)5-6-22(23)18-4-7-24-30-15-20(8-10-28)33(24)16-18/h4-7,14-16H,8-13,28H2,1-3H3,(H,29,34). The van der Waals surface area contributed by atoms with Crippen LogP contribution in [0.15, 0.2) is 42.7 Å². The van der Waals surface area contributed by atoms with E-state index in [0.717, 1.165) is 33.7 Å². The second kappa shape index (κ2) is 11.3. The van der Waals surface area contributed by atoms with E-state index in [-0.39, 0.29) is 12.5 Å². The lowest BCUT2D eigenvalue weighted by atomic mass is 10.1. The van der Waals surface area contributed by atoms with Crippen molar-refractivity contribution >= 4 is 11.6 Å². The zero-order valence-corrected chi connectivity index (χ0v) is 20.8. The Morgan fingerprint density at radius 3 is 2.81 bits per heavy atom. The predicted octanol–water partition coefficient (Wildman–Crippen LogP) is 2.68. The van der Waals surface area contributed by atoms with Gasteiger partial charge in [0.1, 0.15) is 17.2 Å². The number of nitrogens with one attached hydrogen (secondary N) is 1. The third-order valence-electron chi connectivity index (χ3n) is 6.11. The lowest BCUT2D eigenvalue weighted by molar-refractivity contribution is 0.0930. The summed E-state index contributed by atoms with van der Waals surface area (Å²) in [5.74, 6) is -0.237. The smallest absolute Gasteiger partial charge is 0.272 e. The molecule has 0 aliphatic carbocycles. The molecule has 0 aliphatic heterocycles. The van der Waals surface area contributed by atoms with Crippen LogP contribution in [-0.4, -0.2) is 58.5 Å². The van der Waals surface area contributed by atoms with Crippen molar-refractivity contribution < 1.29 is 18.7 Å². The molecule has 0 spiro atoms. The number of imidazole rings is 1. The molecule has 0 aliphatic rings. The highest BCUT2D eigenvalue weighted by atomic mass is 19.1. The van der Waals surface area contributed by atoms with E-state index in [1.165, 1.54) is 12.1 Å². The van der Waals surface area contributed by atoms with Gasteiger partial charge in [-0.05, 0) is 37.7 Å². The maximum absolute atomic E-state index is 14.2. The highest BCUT2D eigenvalue weighted by Crippen LogP contribution is 2.31. The van der Waals surface area contributed by atoms with Crippen LogP contribution in [0.3, 0.4) is 0 Å². The van der Waals surface area contributed by atoms with Crippen LogP contribution in [0.5, 0.6) is 5.75 Å². The van der Waals surface area contributed by atoms with Crippen LogP contribution in [0.4, 0.5) is 4.39 Å². The number of ether oxygens (including phenoxy) is 2. The van der Waals surface area contributed by atoms with Crippen molar-refractivity contribution in [3.8, 4) is 16.9 Å². The fourth-order valence-corrected chi connectivity index (χ4v) is 4.12. The number of rotatable bonds is 11. The van der Waals surface area contributed by atoms with Crippen molar-refractivity contribution in [1.29, 1.82) is 0 Å². The van der Waals surface area contributed by atoms with Crippen LogP contribution in [0.25, 0.3) is 16.8 Å². The molecule has 0 saturated carbocycles. The number of benzene rings is 1. The Balaban J connectivity index is 1.55. The number of fused-ring (bicyclic) bond motifs is 1. The van der Waals surface area contributed by atoms with Crippen molar-refractivity contribution in [3.63, 3.8) is 0 Å². The van der Waals surface area contributed by atoms with Crippen LogP contribution < -0.4 is 15.8 Å². The van der Waals surface area contributed by atoms with Crippen molar-refractivity contribution in [2.24, 2.45) is 12.8 Å². The van der Waals surface area contributed by atoms with Gasteiger partial charge in [-0.1, -0.05) is 0 Å². The zero-order chi connectivity index (χ0) is 25.7. The summed E-state index contributed by atoms with van der Waals surface area (Å²) in [4.78, 5) is 17.1. The lowest BCUT2D eigenvalue weighted by Gasteiger charge is -2.13. The number of nitrogens with two attached hydrogens (primary N) is 1. The number of aryl methyl sites for hydroxylation is 1. The van der Waals surface area contributed by atoms with Crippen LogP contribution >= 0.6 is 0 Å². The number of aromatic nitrogens is 4. The SMILES string of the molecule is COCCNC(=O)c1nn(C)c(C)c1CCOc1cc(F)ccc1-c1ccc2ncc(CCN)n2c1. The molecular weight excluding hydrogens is 463 g/mol. The monoisotopic (exact) mass is 494 g/mol. The van der Waals surface area contributed by atoms with Gasteiger partial charge < -0.3 is 24.9 Å². The van der Waals surface area contributed by atoms with Gasteiger partial charge in [0.2, 0.25) is 0 Å². The Hall–Kier alpha value is -3.76. The molecule has 0 unspecified atom stereocenters. The number of hydrogen-bond acceptors (Lipinski definition) is 6. The van der Waals surface area contributed by atoms with Crippen molar-refractivity contribution in [1.82, 2.24) is 24.5 Å². The number of hydrogen-bond donors (Lipinski definition) is 2. The third kappa shape index (κ3) is 5.39. The minimum Gasteiger partial charge on any atom is -0.492 e. The maximum atomic E-state index is 14.2.